The van der Waals surface area contributed by atoms with E-state index in [0.29, 0.717) is 42.8 Å². The monoisotopic (exact) mass is 319 g/mol. The number of aryl methyl sites for hydroxylation is 2. The summed E-state index contributed by atoms with van der Waals surface area (Å²) in [6.07, 6.45) is -0.388. The van der Waals surface area contributed by atoms with Gasteiger partial charge in [-0.15, -0.1) is 10.2 Å². The highest BCUT2D eigenvalue weighted by atomic mass is 16.5. The van der Waals surface area contributed by atoms with E-state index < -0.39 is 0 Å². The Morgan fingerprint density at radius 2 is 2.09 bits per heavy atom. The molecule has 124 valence electrons. The van der Waals surface area contributed by atoms with Gasteiger partial charge in [-0.05, 0) is 19.9 Å². The summed E-state index contributed by atoms with van der Waals surface area (Å²) in [5.74, 6) is 2.47. The molecule has 3 rings (SSSR count). The zero-order chi connectivity index (χ0) is 16.6. The lowest BCUT2D eigenvalue weighted by Gasteiger charge is -2.31. The SMILES string of the molecule is Cc1cc(C(=O)N2CCO[C@H](c3nnc(C(C)C)o3)C2)c(C)o1. The molecule has 0 aromatic carbocycles. The standard InChI is InChI=1S/C16H21N3O4/c1-9(2)14-17-18-15(23-14)13-8-19(5-6-21-13)16(20)12-7-10(3)22-11(12)4/h7,9,13H,5-6,8H2,1-4H3/t13-/m0/s1. The second-order valence-electron chi connectivity index (χ2n) is 6.07. The lowest BCUT2D eigenvalue weighted by atomic mass is 10.2. The predicted octanol–water partition coefficient (Wildman–Crippen LogP) is 2.62. The maximum Gasteiger partial charge on any atom is 0.257 e. The van der Waals surface area contributed by atoms with Crippen molar-refractivity contribution in [1.82, 2.24) is 15.1 Å². The number of hydrogen-bond donors (Lipinski definition) is 0. The van der Waals surface area contributed by atoms with E-state index in [-0.39, 0.29) is 17.9 Å². The van der Waals surface area contributed by atoms with E-state index in [1.165, 1.54) is 0 Å². The molecule has 3 heterocycles. The minimum absolute atomic E-state index is 0.0590. The molecule has 0 unspecified atom stereocenters. The number of carbonyl (C=O) groups is 1. The van der Waals surface area contributed by atoms with E-state index in [9.17, 15) is 4.79 Å². The first-order chi connectivity index (χ1) is 11.0. The molecule has 23 heavy (non-hydrogen) atoms. The largest absolute Gasteiger partial charge is 0.466 e. The second-order valence-corrected chi connectivity index (χ2v) is 6.07. The molecular weight excluding hydrogens is 298 g/mol. The number of rotatable bonds is 3. The van der Waals surface area contributed by atoms with Crippen molar-refractivity contribution in [2.45, 2.75) is 39.7 Å². The molecule has 1 fully saturated rings. The predicted molar refractivity (Wildman–Crippen MR) is 81.2 cm³/mol. The van der Waals surface area contributed by atoms with Crippen LogP contribution in [0.4, 0.5) is 0 Å². The van der Waals surface area contributed by atoms with Gasteiger partial charge in [0, 0.05) is 12.5 Å². The zero-order valence-corrected chi connectivity index (χ0v) is 13.8. The van der Waals surface area contributed by atoms with Gasteiger partial charge in [0.25, 0.3) is 5.91 Å². The molecule has 7 heteroatoms. The van der Waals surface area contributed by atoms with Gasteiger partial charge in [-0.1, -0.05) is 13.8 Å². The van der Waals surface area contributed by atoms with Crippen LogP contribution in [0.15, 0.2) is 14.9 Å². The third-order valence-electron chi connectivity index (χ3n) is 3.85. The first-order valence-electron chi connectivity index (χ1n) is 7.77. The smallest absolute Gasteiger partial charge is 0.257 e. The molecular formula is C16H21N3O4. The normalized spacial score (nSPS) is 18.7. The summed E-state index contributed by atoms with van der Waals surface area (Å²) in [5.41, 5.74) is 0.594. The van der Waals surface area contributed by atoms with Crippen LogP contribution in [0.5, 0.6) is 0 Å². The first kappa shape index (κ1) is 15.7. The molecule has 1 aliphatic heterocycles. The number of morpholine rings is 1. The maximum atomic E-state index is 12.7. The Kier molecular flexibility index (Phi) is 4.21. The highest BCUT2D eigenvalue weighted by Gasteiger charge is 2.31. The fourth-order valence-corrected chi connectivity index (χ4v) is 2.61. The number of hydrogen-bond acceptors (Lipinski definition) is 6. The van der Waals surface area contributed by atoms with E-state index in [4.69, 9.17) is 13.6 Å². The van der Waals surface area contributed by atoms with Crippen molar-refractivity contribution in [2.75, 3.05) is 19.7 Å². The van der Waals surface area contributed by atoms with Crippen molar-refractivity contribution in [3.8, 4) is 0 Å². The van der Waals surface area contributed by atoms with Gasteiger partial charge >= 0.3 is 0 Å². The summed E-state index contributed by atoms with van der Waals surface area (Å²) in [5, 5.41) is 8.07. The van der Waals surface area contributed by atoms with Crippen molar-refractivity contribution in [1.29, 1.82) is 0 Å². The molecule has 7 nitrogen and oxygen atoms in total. The average molecular weight is 319 g/mol. The molecule has 2 aromatic heterocycles. The highest BCUT2D eigenvalue weighted by molar-refractivity contribution is 5.95. The molecule has 0 N–H and O–H groups in total. The van der Waals surface area contributed by atoms with Crippen molar-refractivity contribution in [2.24, 2.45) is 0 Å². The second kappa shape index (κ2) is 6.16. The van der Waals surface area contributed by atoms with Gasteiger partial charge < -0.3 is 18.5 Å². The van der Waals surface area contributed by atoms with Crippen LogP contribution < -0.4 is 0 Å². The van der Waals surface area contributed by atoms with Gasteiger partial charge in [0.15, 0.2) is 6.10 Å². The van der Waals surface area contributed by atoms with Crippen LogP contribution in [0, 0.1) is 13.8 Å². The van der Waals surface area contributed by atoms with Gasteiger partial charge in [-0.25, -0.2) is 0 Å². The Labute approximate surface area is 134 Å². The van der Waals surface area contributed by atoms with Crippen LogP contribution in [-0.2, 0) is 4.74 Å². The van der Waals surface area contributed by atoms with Crippen molar-refractivity contribution in [3.05, 3.63) is 34.9 Å². The third kappa shape index (κ3) is 3.14. The van der Waals surface area contributed by atoms with Crippen molar-refractivity contribution in [3.63, 3.8) is 0 Å². The van der Waals surface area contributed by atoms with Crippen LogP contribution >= 0.6 is 0 Å². The van der Waals surface area contributed by atoms with Crippen LogP contribution in [0.1, 0.15) is 59.5 Å². The fraction of sp³-hybridized carbons (Fsp3) is 0.562. The van der Waals surface area contributed by atoms with Gasteiger partial charge in [-0.2, -0.15) is 0 Å². The summed E-state index contributed by atoms with van der Waals surface area (Å²) in [4.78, 5) is 14.4. The van der Waals surface area contributed by atoms with Gasteiger partial charge in [0.2, 0.25) is 11.8 Å². The Morgan fingerprint density at radius 1 is 1.30 bits per heavy atom. The lowest BCUT2D eigenvalue weighted by Crippen LogP contribution is -2.42. The molecule has 0 spiro atoms. The van der Waals surface area contributed by atoms with E-state index in [1.54, 1.807) is 17.9 Å². The zero-order valence-electron chi connectivity index (χ0n) is 13.8. The quantitative estimate of drug-likeness (QED) is 0.865. The number of amides is 1. The van der Waals surface area contributed by atoms with E-state index in [2.05, 4.69) is 10.2 Å². The number of furan rings is 1. The van der Waals surface area contributed by atoms with Gasteiger partial charge in [0.1, 0.15) is 11.5 Å². The van der Waals surface area contributed by atoms with Crippen LogP contribution in [0.25, 0.3) is 0 Å². The summed E-state index contributed by atoms with van der Waals surface area (Å²) in [7, 11) is 0. The Bertz CT molecular complexity index is 704. The summed E-state index contributed by atoms with van der Waals surface area (Å²) in [6, 6.07) is 1.77. The maximum absolute atomic E-state index is 12.7. The molecule has 1 amide bonds. The minimum atomic E-state index is -0.388. The minimum Gasteiger partial charge on any atom is -0.466 e. The molecule has 1 atom stereocenters. The van der Waals surface area contributed by atoms with E-state index in [0.717, 1.165) is 5.76 Å². The van der Waals surface area contributed by atoms with Crippen molar-refractivity contribution < 1.29 is 18.4 Å². The van der Waals surface area contributed by atoms with Crippen LogP contribution in [0.3, 0.4) is 0 Å². The summed E-state index contributed by atoms with van der Waals surface area (Å²) >= 11 is 0. The van der Waals surface area contributed by atoms with E-state index >= 15 is 0 Å². The van der Waals surface area contributed by atoms with Crippen LogP contribution in [-0.4, -0.2) is 40.7 Å². The molecule has 0 radical (unpaired) electrons. The molecule has 0 aliphatic carbocycles. The van der Waals surface area contributed by atoms with Crippen LogP contribution in [0.2, 0.25) is 0 Å². The van der Waals surface area contributed by atoms with E-state index in [1.807, 2.05) is 20.8 Å². The van der Waals surface area contributed by atoms with Crippen molar-refractivity contribution >= 4 is 5.91 Å². The number of nitrogens with zero attached hydrogens (tertiary/aromatic N) is 3. The highest BCUT2D eigenvalue weighted by Crippen LogP contribution is 2.25. The Hall–Kier alpha value is -2.15. The van der Waals surface area contributed by atoms with Gasteiger partial charge in [-0.3, -0.25) is 4.79 Å². The summed E-state index contributed by atoms with van der Waals surface area (Å²) < 4.78 is 16.8. The van der Waals surface area contributed by atoms with Gasteiger partial charge in [0.05, 0.1) is 18.7 Å². The Morgan fingerprint density at radius 3 is 2.70 bits per heavy atom. The lowest BCUT2D eigenvalue weighted by molar-refractivity contribution is -0.0351. The number of aromatic nitrogens is 2. The number of carbonyl (C=O) groups excluding carboxylic acids is 1. The fourth-order valence-electron chi connectivity index (χ4n) is 2.61. The topological polar surface area (TPSA) is 81.6 Å². The molecule has 0 bridgehead atoms. The number of ether oxygens (including phenoxy) is 1. The first-order valence-corrected chi connectivity index (χ1v) is 7.77. The Balaban J connectivity index is 1.75. The molecule has 1 saturated heterocycles. The molecule has 0 saturated carbocycles. The third-order valence-corrected chi connectivity index (χ3v) is 3.85. The average Bonchev–Trinajstić information content (AvgIpc) is 3.13. The summed E-state index contributed by atoms with van der Waals surface area (Å²) in [6.45, 7) is 8.96. The molecule has 1 aliphatic rings. The molecule has 2 aromatic rings.